The number of hydrogen-bond acceptors (Lipinski definition) is 5. The third-order valence-electron chi connectivity index (χ3n) is 4.62. The molecule has 1 aliphatic heterocycles. The highest BCUT2D eigenvalue weighted by Crippen LogP contribution is 2.34. The molecular weight excluding hydrogens is 348 g/mol. The summed E-state index contributed by atoms with van der Waals surface area (Å²) in [6.07, 6.45) is 7.02. The standard InChI is InChI=1S/C20H22N2O3S/c1-2-10-22(20-21-15-6-3-4-7-18(15)26-20)19(23)14-8-9-16-17(13-14)25-12-5-11-24-16/h2,8-9,13H,1,3-7,10-12H2. The minimum atomic E-state index is -0.0911. The zero-order valence-corrected chi connectivity index (χ0v) is 15.5. The van der Waals surface area contributed by atoms with E-state index < -0.39 is 0 Å². The van der Waals surface area contributed by atoms with E-state index in [-0.39, 0.29) is 5.91 Å². The number of carbonyl (C=O) groups is 1. The van der Waals surface area contributed by atoms with E-state index in [9.17, 15) is 4.79 Å². The van der Waals surface area contributed by atoms with Crippen LogP contribution in [-0.4, -0.2) is 30.6 Å². The summed E-state index contributed by atoms with van der Waals surface area (Å²) >= 11 is 1.63. The van der Waals surface area contributed by atoms with Gasteiger partial charge in [-0.25, -0.2) is 4.98 Å². The van der Waals surface area contributed by atoms with Crippen LogP contribution in [-0.2, 0) is 12.8 Å². The monoisotopic (exact) mass is 370 g/mol. The lowest BCUT2D eigenvalue weighted by molar-refractivity contribution is 0.0989. The molecule has 6 heteroatoms. The van der Waals surface area contributed by atoms with Crippen molar-refractivity contribution < 1.29 is 14.3 Å². The molecule has 26 heavy (non-hydrogen) atoms. The molecule has 2 aliphatic rings. The zero-order valence-electron chi connectivity index (χ0n) is 14.7. The van der Waals surface area contributed by atoms with Crippen LogP contribution >= 0.6 is 11.3 Å². The van der Waals surface area contributed by atoms with Gasteiger partial charge in [0, 0.05) is 23.4 Å². The van der Waals surface area contributed by atoms with Crippen LogP contribution in [0.3, 0.4) is 0 Å². The van der Waals surface area contributed by atoms with Crippen LogP contribution in [0.5, 0.6) is 11.5 Å². The van der Waals surface area contributed by atoms with Crippen molar-refractivity contribution in [1.82, 2.24) is 4.98 Å². The van der Waals surface area contributed by atoms with Crippen LogP contribution in [0.1, 0.15) is 40.2 Å². The molecule has 1 aromatic carbocycles. The summed E-state index contributed by atoms with van der Waals surface area (Å²) < 4.78 is 11.4. The molecule has 0 spiro atoms. The average Bonchev–Trinajstić information content (AvgIpc) is 2.95. The van der Waals surface area contributed by atoms with Gasteiger partial charge in [0.2, 0.25) is 0 Å². The van der Waals surface area contributed by atoms with Gasteiger partial charge in [0.15, 0.2) is 16.6 Å². The minimum Gasteiger partial charge on any atom is -0.490 e. The number of carbonyl (C=O) groups excluding carboxylic acids is 1. The Morgan fingerprint density at radius 2 is 2.00 bits per heavy atom. The van der Waals surface area contributed by atoms with E-state index in [4.69, 9.17) is 14.5 Å². The molecule has 0 fully saturated rings. The van der Waals surface area contributed by atoms with Crippen molar-refractivity contribution in [3.05, 3.63) is 47.0 Å². The molecule has 0 saturated heterocycles. The maximum Gasteiger partial charge on any atom is 0.260 e. The molecule has 1 aliphatic carbocycles. The summed E-state index contributed by atoms with van der Waals surface area (Å²) in [6, 6.07) is 5.37. The highest BCUT2D eigenvalue weighted by molar-refractivity contribution is 7.16. The molecule has 136 valence electrons. The highest BCUT2D eigenvalue weighted by atomic mass is 32.1. The third kappa shape index (κ3) is 3.33. The van der Waals surface area contributed by atoms with Gasteiger partial charge in [-0.1, -0.05) is 6.08 Å². The predicted molar refractivity (Wildman–Crippen MR) is 103 cm³/mol. The maximum absolute atomic E-state index is 13.2. The van der Waals surface area contributed by atoms with Crippen molar-refractivity contribution >= 4 is 22.4 Å². The van der Waals surface area contributed by atoms with Crippen molar-refractivity contribution in [1.29, 1.82) is 0 Å². The van der Waals surface area contributed by atoms with Gasteiger partial charge in [0.1, 0.15) is 0 Å². The van der Waals surface area contributed by atoms with E-state index in [0.29, 0.717) is 36.8 Å². The first-order valence-electron chi connectivity index (χ1n) is 9.07. The number of nitrogens with zero attached hydrogens (tertiary/aromatic N) is 2. The van der Waals surface area contributed by atoms with Crippen molar-refractivity contribution in [2.75, 3.05) is 24.7 Å². The molecule has 0 N–H and O–H groups in total. The second kappa shape index (κ2) is 7.50. The summed E-state index contributed by atoms with van der Waals surface area (Å²) in [5, 5.41) is 0.758. The van der Waals surface area contributed by atoms with E-state index >= 15 is 0 Å². The molecule has 5 nitrogen and oxygen atoms in total. The topological polar surface area (TPSA) is 51.7 Å². The Bertz CT molecular complexity index is 807. The number of aromatic nitrogens is 1. The van der Waals surface area contributed by atoms with Gasteiger partial charge in [-0.15, -0.1) is 17.9 Å². The van der Waals surface area contributed by atoms with Crippen LogP contribution in [0.4, 0.5) is 5.13 Å². The van der Waals surface area contributed by atoms with Crippen LogP contribution in [0.15, 0.2) is 30.9 Å². The number of rotatable bonds is 4. The molecule has 0 radical (unpaired) electrons. The molecule has 4 rings (SSSR count). The lowest BCUT2D eigenvalue weighted by atomic mass is 10.0. The molecule has 0 unspecified atom stereocenters. The minimum absolute atomic E-state index is 0.0911. The highest BCUT2D eigenvalue weighted by Gasteiger charge is 2.24. The Balaban J connectivity index is 1.64. The van der Waals surface area contributed by atoms with Crippen molar-refractivity contribution in [2.24, 2.45) is 0 Å². The Morgan fingerprint density at radius 1 is 1.19 bits per heavy atom. The molecule has 0 atom stereocenters. The van der Waals surface area contributed by atoms with Crippen LogP contribution in [0.25, 0.3) is 0 Å². The van der Waals surface area contributed by atoms with Gasteiger partial charge < -0.3 is 9.47 Å². The largest absolute Gasteiger partial charge is 0.490 e. The fourth-order valence-corrected chi connectivity index (χ4v) is 4.44. The van der Waals surface area contributed by atoms with Crippen molar-refractivity contribution in [2.45, 2.75) is 32.1 Å². The molecule has 1 amide bonds. The number of amides is 1. The van der Waals surface area contributed by atoms with Crippen molar-refractivity contribution in [3.8, 4) is 11.5 Å². The predicted octanol–water partition coefficient (Wildman–Crippen LogP) is 4.02. The normalized spacial score (nSPS) is 15.7. The summed E-state index contributed by atoms with van der Waals surface area (Å²) in [6.45, 7) is 5.47. The molecule has 0 saturated carbocycles. The second-order valence-corrected chi connectivity index (χ2v) is 7.55. The fourth-order valence-electron chi connectivity index (χ4n) is 3.28. The number of fused-ring (bicyclic) bond motifs is 2. The molecule has 2 heterocycles. The summed E-state index contributed by atoms with van der Waals surface area (Å²) in [5.74, 6) is 1.23. The van der Waals surface area contributed by atoms with Gasteiger partial charge >= 0.3 is 0 Å². The first-order chi connectivity index (χ1) is 12.8. The lowest BCUT2D eigenvalue weighted by Gasteiger charge is -2.19. The van der Waals surface area contributed by atoms with Gasteiger partial charge in [-0.3, -0.25) is 9.69 Å². The smallest absolute Gasteiger partial charge is 0.260 e. The SMILES string of the molecule is C=CCN(C(=O)c1ccc2c(c1)OCCCO2)c1nc2c(s1)CCCC2. The second-order valence-electron chi connectivity index (χ2n) is 6.49. The molecule has 1 aromatic heterocycles. The first kappa shape index (κ1) is 17.1. The number of anilines is 1. The molecule has 0 bridgehead atoms. The van der Waals surface area contributed by atoms with E-state index in [1.165, 1.54) is 17.7 Å². The van der Waals surface area contributed by atoms with Gasteiger partial charge in [-0.2, -0.15) is 0 Å². The molecule has 2 aromatic rings. The fraction of sp³-hybridized carbons (Fsp3) is 0.400. The van der Waals surface area contributed by atoms with E-state index in [2.05, 4.69) is 6.58 Å². The van der Waals surface area contributed by atoms with Gasteiger partial charge in [0.25, 0.3) is 5.91 Å². The summed E-state index contributed by atoms with van der Waals surface area (Å²) in [4.78, 5) is 20.9. The quantitative estimate of drug-likeness (QED) is 0.763. The van der Waals surface area contributed by atoms with Crippen LogP contribution < -0.4 is 14.4 Å². The number of benzene rings is 1. The molecular formula is C20H22N2O3S. The van der Waals surface area contributed by atoms with E-state index in [1.807, 2.05) is 6.07 Å². The Morgan fingerprint density at radius 3 is 2.81 bits per heavy atom. The van der Waals surface area contributed by atoms with E-state index in [1.54, 1.807) is 34.4 Å². The van der Waals surface area contributed by atoms with Gasteiger partial charge in [0.05, 0.1) is 18.9 Å². The Hall–Kier alpha value is -2.34. The lowest BCUT2D eigenvalue weighted by Crippen LogP contribution is -2.31. The Labute approximate surface area is 157 Å². The maximum atomic E-state index is 13.2. The van der Waals surface area contributed by atoms with Crippen molar-refractivity contribution in [3.63, 3.8) is 0 Å². The van der Waals surface area contributed by atoms with E-state index in [0.717, 1.165) is 30.1 Å². The number of hydrogen-bond donors (Lipinski definition) is 0. The average molecular weight is 370 g/mol. The Kier molecular flexibility index (Phi) is 4.93. The summed E-state index contributed by atoms with van der Waals surface area (Å²) in [5.41, 5.74) is 1.72. The van der Waals surface area contributed by atoms with Crippen LogP contribution in [0.2, 0.25) is 0 Å². The number of ether oxygens (including phenoxy) is 2. The first-order valence-corrected chi connectivity index (χ1v) is 9.89. The number of aryl methyl sites for hydroxylation is 2. The van der Waals surface area contributed by atoms with Gasteiger partial charge in [-0.05, 0) is 43.9 Å². The number of thiazole rings is 1. The van der Waals surface area contributed by atoms with Crippen LogP contribution in [0, 0.1) is 0 Å². The third-order valence-corrected chi connectivity index (χ3v) is 5.80. The zero-order chi connectivity index (χ0) is 17.9. The summed E-state index contributed by atoms with van der Waals surface area (Å²) in [7, 11) is 0.